The first kappa shape index (κ1) is 24.1. The van der Waals surface area contributed by atoms with Gasteiger partial charge in [0.1, 0.15) is 23.2 Å². The molecule has 0 spiro atoms. The third-order valence-electron chi connectivity index (χ3n) is 6.18. The maximum atomic E-state index is 5.88. The Morgan fingerprint density at radius 1 is 0.529 bits per heavy atom. The highest BCUT2D eigenvalue weighted by Crippen LogP contribution is 2.16. The van der Waals surface area contributed by atoms with Gasteiger partial charge in [0, 0.05) is 24.2 Å². The first-order chi connectivity index (χ1) is 16.9. The van der Waals surface area contributed by atoms with Crippen LogP contribution in [0.15, 0.2) is 58.5 Å². The number of hydrogen-bond acceptors (Lipinski definition) is 6. The average molecular weight is 463 g/mol. The van der Waals surface area contributed by atoms with E-state index < -0.39 is 0 Å². The Morgan fingerprint density at radius 2 is 0.912 bits per heavy atom. The molecule has 2 N–H and O–H groups in total. The molecule has 6 nitrogen and oxygen atoms in total. The van der Waals surface area contributed by atoms with E-state index in [0.29, 0.717) is 0 Å². The zero-order valence-corrected chi connectivity index (χ0v) is 20.2. The number of hydrogen-bond donors (Lipinski definition) is 2. The maximum absolute atomic E-state index is 5.88. The van der Waals surface area contributed by atoms with Crippen LogP contribution in [-0.4, -0.2) is 51.1 Å². The molecule has 0 saturated carbocycles. The fourth-order valence-electron chi connectivity index (χ4n) is 4.25. The van der Waals surface area contributed by atoms with Gasteiger partial charge in [0.15, 0.2) is 0 Å². The third-order valence-corrected chi connectivity index (χ3v) is 6.18. The predicted molar refractivity (Wildman–Crippen MR) is 140 cm³/mol. The summed E-state index contributed by atoms with van der Waals surface area (Å²) in [6, 6.07) is 16.5. The predicted octanol–water partition coefficient (Wildman–Crippen LogP) is 4.96. The van der Waals surface area contributed by atoms with Gasteiger partial charge in [-0.1, -0.05) is 38.5 Å². The number of nitrogens with zero attached hydrogens (tertiary/aromatic N) is 2. The minimum Gasteiger partial charge on any atom is -0.494 e. The molecule has 0 radical (unpaired) electrons. The summed E-state index contributed by atoms with van der Waals surface area (Å²) in [6.07, 6.45) is 9.90. The molecule has 0 amide bonds. The van der Waals surface area contributed by atoms with Gasteiger partial charge < -0.3 is 20.1 Å². The summed E-state index contributed by atoms with van der Waals surface area (Å²) in [5, 5.41) is 6.59. The second-order valence-electron chi connectivity index (χ2n) is 8.89. The van der Waals surface area contributed by atoms with E-state index in [-0.39, 0.29) is 0 Å². The largest absolute Gasteiger partial charge is 0.494 e. The summed E-state index contributed by atoms with van der Waals surface area (Å²) in [7, 11) is 0. The normalized spacial score (nSPS) is 14.8. The molecule has 4 rings (SSSR count). The van der Waals surface area contributed by atoms with E-state index in [1.165, 1.54) is 38.5 Å². The number of benzene rings is 2. The molecule has 0 unspecified atom stereocenters. The molecule has 6 heteroatoms. The minimum atomic E-state index is 0.793. The molecular weight excluding hydrogens is 424 g/mol. The van der Waals surface area contributed by atoms with Crippen LogP contribution in [0.3, 0.4) is 0 Å². The van der Waals surface area contributed by atoms with Gasteiger partial charge in [0.2, 0.25) is 0 Å². The summed E-state index contributed by atoms with van der Waals surface area (Å²) in [5.41, 5.74) is 2.27. The van der Waals surface area contributed by atoms with Crippen LogP contribution in [-0.2, 0) is 0 Å². The number of unbranched alkanes of at least 4 members (excludes halogenated alkanes) is 7. The topological polar surface area (TPSA) is 67.2 Å². The number of rotatable bonds is 15. The quantitative estimate of drug-likeness (QED) is 0.367. The third kappa shape index (κ3) is 7.79. The van der Waals surface area contributed by atoms with E-state index in [1.807, 2.05) is 24.3 Å². The molecule has 2 heterocycles. The van der Waals surface area contributed by atoms with Crippen LogP contribution in [0.1, 0.15) is 62.5 Å². The summed E-state index contributed by atoms with van der Waals surface area (Å²) in [6.45, 7) is 5.20. The van der Waals surface area contributed by atoms with Crippen LogP contribution in [0, 0.1) is 0 Å². The van der Waals surface area contributed by atoms with Gasteiger partial charge in [-0.3, -0.25) is 9.98 Å². The lowest BCUT2D eigenvalue weighted by molar-refractivity contribution is 0.301. The summed E-state index contributed by atoms with van der Waals surface area (Å²) in [4.78, 5) is 8.89. The summed E-state index contributed by atoms with van der Waals surface area (Å²) < 4.78 is 11.8. The molecule has 34 heavy (non-hydrogen) atoms. The zero-order chi connectivity index (χ0) is 23.3. The smallest absolute Gasteiger partial charge is 0.128 e. The molecule has 2 aliphatic heterocycles. The van der Waals surface area contributed by atoms with E-state index in [9.17, 15) is 0 Å². The van der Waals surface area contributed by atoms with Crippen LogP contribution < -0.4 is 20.1 Å². The van der Waals surface area contributed by atoms with Crippen molar-refractivity contribution in [1.82, 2.24) is 10.6 Å². The Balaban J connectivity index is 0.950. The lowest BCUT2D eigenvalue weighted by atomic mass is 10.1. The first-order valence-corrected chi connectivity index (χ1v) is 12.9. The highest BCUT2D eigenvalue weighted by Gasteiger charge is 2.08. The van der Waals surface area contributed by atoms with Crippen molar-refractivity contribution in [3.05, 3.63) is 59.7 Å². The lowest BCUT2D eigenvalue weighted by Gasteiger charge is -2.08. The summed E-state index contributed by atoms with van der Waals surface area (Å²) >= 11 is 0. The van der Waals surface area contributed by atoms with Crippen molar-refractivity contribution in [1.29, 1.82) is 0 Å². The van der Waals surface area contributed by atoms with Gasteiger partial charge >= 0.3 is 0 Å². The van der Waals surface area contributed by atoms with E-state index in [0.717, 1.165) is 86.5 Å². The fourth-order valence-corrected chi connectivity index (χ4v) is 4.25. The van der Waals surface area contributed by atoms with E-state index in [1.54, 1.807) is 0 Å². The van der Waals surface area contributed by atoms with Crippen molar-refractivity contribution in [2.45, 2.75) is 51.4 Å². The number of ether oxygens (including phenoxy) is 2. The van der Waals surface area contributed by atoms with E-state index in [4.69, 9.17) is 9.47 Å². The fraction of sp³-hybridized carbons (Fsp3) is 0.500. The second-order valence-corrected chi connectivity index (χ2v) is 8.89. The molecule has 0 aromatic heterocycles. The molecule has 2 aromatic carbocycles. The van der Waals surface area contributed by atoms with Crippen molar-refractivity contribution >= 4 is 11.7 Å². The lowest BCUT2D eigenvalue weighted by Crippen LogP contribution is -2.19. The van der Waals surface area contributed by atoms with Gasteiger partial charge in [-0.05, 0) is 61.4 Å². The van der Waals surface area contributed by atoms with Gasteiger partial charge in [-0.2, -0.15) is 0 Å². The Morgan fingerprint density at radius 3 is 1.26 bits per heavy atom. The monoisotopic (exact) mass is 462 g/mol. The van der Waals surface area contributed by atoms with Crippen molar-refractivity contribution in [2.75, 3.05) is 39.4 Å². The van der Waals surface area contributed by atoms with Gasteiger partial charge in [-0.15, -0.1) is 0 Å². The standard InChI is InChI=1S/C28H38N4O2/c1(3-5-7-21-33-25-13-9-23(10-14-25)27-29-17-18-30-27)2-4-6-8-22-34-26-15-11-24(12-16-26)28-31-19-20-32-28/h9-16H,1-8,17-22H2,(H,29,30)(H,31,32). The van der Waals surface area contributed by atoms with Crippen LogP contribution in [0.2, 0.25) is 0 Å². The van der Waals surface area contributed by atoms with Gasteiger partial charge in [-0.25, -0.2) is 0 Å². The van der Waals surface area contributed by atoms with Crippen LogP contribution in [0.5, 0.6) is 11.5 Å². The maximum Gasteiger partial charge on any atom is 0.128 e. The molecule has 0 saturated heterocycles. The second kappa shape index (κ2) is 13.6. The number of aliphatic imine (C=N–C) groups is 2. The first-order valence-electron chi connectivity index (χ1n) is 12.9. The van der Waals surface area contributed by atoms with Crippen molar-refractivity contribution in [3.63, 3.8) is 0 Å². The molecule has 0 aliphatic carbocycles. The zero-order valence-electron chi connectivity index (χ0n) is 20.2. The van der Waals surface area contributed by atoms with Crippen LogP contribution >= 0.6 is 0 Å². The molecule has 182 valence electrons. The number of nitrogens with one attached hydrogen (secondary N) is 2. The molecule has 0 bridgehead atoms. The molecule has 0 atom stereocenters. The average Bonchev–Trinajstić information content (AvgIpc) is 3.60. The molecule has 2 aliphatic rings. The summed E-state index contributed by atoms with van der Waals surface area (Å²) in [5.74, 6) is 3.89. The highest BCUT2D eigenvalue weighted by molar-refractivity contribution is 6.00. The SMILES string of the molecule is c1cc(C2=NCCN2)ccc1OCCCCCCCCCCOc1ccc(C2=NCCN2)cc1. The van der Waals surface area contributed by atoms with Crippen LogP contribution in [0.25, 0.3) is 0 Å². The van der Waals surface area contributed by atoms with Gasteiger partial charge in [0.25, 0.3) is 0 Å². The molecule has 2 aromatic rings. The minimum absolute atomic E-state index is 0.793. The van der Waals surface area contributed by atoms with E-state index in [2.05, 4.69) is 44.9 Å². The Hall–Kier alpha value is -3.02. The van der Waals surface area contributed by atoms with E-state index >= 15 is 0 Å². The van der Waals surface area contributed by atoms with Gasteiger partial charge in [0.05, 0.1) is 26.3 Å². The Bertz CT molecular complexity index is 845. The van der Waals surface area contributed by atoms with Crippen molar-refractivity contribution in [3.8, 4) is 11.5 Å². The van der Waals surface area contributed by atoms with Crippen molar-refractivity contribution < 1.29 is 9.47 Å². The Kier molecular flexibility index (Phi) is 9.67. The van der Waals surface area contributed by atoms with Crippen LogP contribution in [0.4, 0.5) is 0 Å². The highest BCUT2D eigenvalue weighted by atomic mass is 16.5. The molecular formula is C28H38N4O2. The van der Waals surface area contributed by atoms with Crippen molar-refractivity contribution in [2.24, 2.45) is 9.98 Å². The molecule has 0 fully saturated rings. The number of amidine groups is 2. The Labute approximate surface area is 203 Å².